The fraction of sp³-hybridized carbons (Fsp3) is 0.731. The van der Waals surface area contributed by atoms with E-state index < -0.39 is 5.60 Å². The number of para-hydroxylation sites is 1. The maximum Gasteiger partial charge on any atom is 0.414 e. The SMILES string of the molecule is CCCCCCCCCCCCCCN(C(=O)OC(C)(C)C)c1ccccc1C. The van der Waals surface area contributed by atoms with E-state index in [4.69, 9.17) is 4.74 Å². The van der Waals surface area contributed by atoms with Gasteiger partial charge in [0.2, 0.25) is 0 Å². The molecular weight excluding hydrogens is 358 g/mol. The highest BCUT2D eigenvalue weighted by atomic mass is 16.6. The quantitative estimate of drug-likeness (QED) is 0.292. The summed E-state index contributed by atoms with van der Waals surface area (Å²) in [5, 5.41) is 0. The average molecular weight is 404 g/mol. The molecule has 0 aromatic heterocycles. The van der Waals surface area contributed by atoms with E-state index in [1.54, 1.807) is 0 Å². The number of nitrogens with zero attached hydrogens (tertiary/aromatic N) is 1. The van der Waals surface area contributed by atoms with Gasteiger partial charge in [0.1, 0.15) is 5.60 Å². The molecule has 0 heterocycles. The summed E-state index contributed by atoms with van der Waals surface area (Å²) in [6.07, 6.45) is 15.6. The van der Waals surface area contributed by atoms with Crippen molar-refractivity contribution in [1.82, 2.24) is 0 Å². The van der Waals surface area contributed by atoms with E-state index in [0.29, 0.717) is 0 Å². The summed E-state index contributed by atoms with van der Waals surface area (Å²) in [7, 11) is 0. The molecule has 0 bridgehead atoms. The van der Waals surface area contributed by atoms with Crippen LogP contribution in [0.3, 0.4) is 0 Å². The van der Waals surface area contributed by atoms with E-state index in [-0.39, 0.29) is 6.09 Å². The first-order valence-corrected chi connectivity index (χ1v) is 11.9. The number of ether oxygens (including phenoxy) is 1. The number of hydrogen-bond donors (Lipinski definition) is 0. The third-order valence-corrected chi connectivity index (χ3v) is 5.26. The molecule has 0 radical (unpaired) electrons. The number of carbonyl (C=O) groups excluding carboxylic acids is 1. The number of rotatable bonds is 14. The van der Waals surface area contributed by atoms with Crippen LogP contribution in [0.1, 0.15) is 110 Å². The van der Waals surface area contributed by atoms with Crippen LogP contribution in [0.15, 0.2) is 24.3 Å². The van der Waals surface area contributed by atoms with Gasteiger partial charge in [-0.3, -0.25) is 4.90 Å². The number of aryl methyl sites for hydroxylation is 1. The summed E-state index contributed by atoms with van der Waals surface area (Å²) in [4.78, 5) is 14.6. The minimum absolute atomic E-state index is 0.241. The predicted molar refractivity (Wildman–Crippen MR) is 126 cm³/mol. The van der Waals surface area contributed by atoms with Gasteiger partial charge in [-0.05, 0) is 45.7 Å². The van der Waals surface area contributed by atoms with Crippen LogP contribution in [-0.4, -0.2) is 18.2 Å². The van der Waals surface area contributed by atoms with Crippen LogP contribution in [0.25, 0.3) is 0 Å². The molecule has 1 amide bonds. The highest BCUT2D eigenvalue weighted by Crippen LogP contribution is 2.23. The molecule has 0 aliphatic carbocycles. The second-order valence-corrected chi connectivity index (χ2v) is 9.31. The fourth-order valence-corrected chi connectivity index (χ4v) is 3.60. The van der Waals surface area contributed by atoms with Gasteiger partial charge in [0.15, 0.2) is 0 Å². The van der Waals surface area contributed by atoms with Crippen molar-refractivity contribution in [3.8, 4) is 0 Å². The lowest BCUT2D eigenvalue weighted by atomic mass is 10.1. The standard InChI is InChI=1S/C26H45NO2/c1-6-7-8-9-10-11-12-13-14-15-16-19-22-27(25(28)29-26(3,4)5)24-21-18-17-20-23(24)2/h17-18,20-21H,6-16,19,22H2,1-5H3. The number of carbonyl (C=O) groups is 1. The number of unbranched alkanes of at least 4 members (excludes halogenated alkanes) is 11. The normalized spacial score (nSPS) is 11.5. The van der Waals surface area contributed by atoms with E-state index >= 15 is 0 Å². The van der Waals surface area contributed by atoms with Crippen molar-refractivity contribution in [2.24, 2.45) is 0 Å². The van der Waals surface area contributed by atoms with Gasteiger partial charge in [-0.25, -0.2) is 4.79 Å². The van der Waals surface area contributed by atoms with Gasteiger partial charge >= 0.3 is 6.09 Å². The highest BCUT2D eigenvalue weighted by Gasteiger charge is 2.23. The van der Waals surface area contributed by atoms with Crippen LogP contribution in [0.5, 0.6) is 0 Å². The first-order chi connectivity index (χ1) is 13.8. The molecule has 1 aromatic rings. The summed E-state index contributed by atoms with van der Waals surface area (Å²) in [5.74, 6) is 0. The summed E-state index contributed by atoms with van der Waals surface area (Å²) in [6, 6.07) is 8.06. The van der Waals surface area contributed by atoms with Gasteiger partial charge < -0.3 is 4.74 Å². The third-order valence-electron chi connectivity index (χ3n) is 5.26. The van der Waals surface area contributed by atoms with Gasteiger partial charge in [0.25, 0.3) is 0 Å². The summed E-state index contributed by atoms with van der Waals surface area (Å²) < 4.78 is 5.65. The molecule has 1 aromatic carbocycles. The molecule has 0 fully saturated rings. The van der Waals surface area contributed by atoms with Crippen molar-refractivity contribution in [3.05, 3.63) is 29.8 Å². The molecule has 1 rings (SSSR count). The van der Waals surface area contributed by atoms with E-state index in [1.165, 1.54) is 70.6 Å². The first-order valence-electron chi connectivity index (χ1n) is 11.9. The van der Waals surface area contributed by atoms with Gasteiger partial charge in [-0.2, -0.15) is 0 Å². The molecule has 0 aliphatic rings. The second-order valence-electron chi connectivity index (χ2n) is 9.31. The molecule has 0 atom stereocenters. The predicted octanol–water partition coefficient (Wildman–Crippen LogP) is 8.44. The largest absolute Gasteiger partial charge is 0.443 e. The van der Waals surface area contributed by atoms with Crippen molar-refractivity contribution >= 4 is 11.8 Å². The molecule has 0 unspecified atom stereocenters. The lowest BCUT2D eigenvalue weighted by Gasteiger charge is -2.28. The maximum atomic E-state index is 12.7. The molecule has 3 nitrogen and oxygen atoms in total. The molecule has 0 aliphatic heterocycles. The van der Waals surface area contributed by atoms with Gasteiger partial charge in [0, 0.05) is 12.2 Å². The molecular formula is C26H45NO2. The Hall–Kier alpha value is -1.51. The van der Waals surface area contributed by atoms with Gasteiger partial charge in [0.05, 0.1) is 0 Å². The zero-order valence-corrected chi connectivity index (χ0v) is 19.8. The highest BCUT2D eigenvalue weighted by molar-refractivity contribution is 5.88. The van der Waals surface area contributed by atoms with Gasteiger partial charge in [-0.15, -0.1) is 0 Å². The van der Waals surface area contributed by atoms with Crippen molar-refractivity contribution in [2.75, 3.05) is 11.4 Å². The molecule has 29 heavy (non-hydrogen) atoms. The maximum absolute atomic E-state index is 12.7. The Labute approximate surface area is 180 Å². The zero-order valence-electron chi connectivity index (χ0n) is 19.8. The smallest absolute Gasteiger partial charge is 0.414 e. The van der Waals surface area contributed by atoms with Crippen LogP contribution in [0, 0.1) is 6.92 Å². The molecule has 3 heteroatoms. The summed E-state index contributed by atoms with van der Waals surface area (Å²) >= 11 is 0. The van der Waals surface area contributed by atoms with E-state index in [0.717, 1.165) is 24.2 Å². The molecule has 0 spiro atoms. The number of anilines is 1. The Bertz CT molecular complexity index is 562. The second kappa shape index (κ2) is 14.5. The van der Waals surface area contributed by atoms with Crippen molar-refractivity contribution < 1.29 is 9.53 Å². The summed E-state index contributed by atoms with van der Waals surface area (Å²) in [6.45, 7) is 10.8. The Morgan fingerprint density at radius 2 is 1.31 bits per heavy atom. The summed E-state index contributed by atoms with van der Waals surface area (Å²) in [5.41, 5.74) is 1.59. The number of hydrogen-bond acceptors (Lipinski definition) is 2. The van der Waals surface area contributed by atoms with Crippen molar-refractivity contribution in [1.29, 1.82) is 0 Å². The molecule has 0 saturated heterocycles. The van der Waals surface area contributed by atoms with E-state index in [9.17, 15) is 4.79 Å². The minimum Gasteiger partial charge on any atom is -0.443 e. The first kappa shape index (κ1) is 25.5. The number of amides is 1. The molecule has 0 saturated carbocycles. The Kier molecular flexibility index (Phi) is 12.7. The van der Waals surface area contributed by atoms with Crippen LogP contribution in [0.2, 0.25) is 0 Å². The lowest BCUT2D eigenvalue weighted by Crippen LogP contribution is -2.37. The van der Waals surface area contributed by atoms with Crippen LogP contribution in [-0.2, 0) is 4.74 Å². The Morgan fingerprint density at radius 3 is 1.79 bits per heavy atom. The lowest BCUT2D eigenvalue weighted by molar-refractivity contribution is 0.0579. The van der Waals surface area contributed by atoms with E-state index in [2.05, 4.69) is 19.9 Å². The topological polar surface area (TPSA) is 29.5 Å². The van der Waals surface area contributed by atoms with Crippen molar-refractivity contribution in [3.63, 3.8) is 0 Å². The van der Waals surface area contributed by atoms with E-state index in [1.807, 2.05) is 43.9 Å². The monoisotopic (exact) mass is 403 g/mol. The number of benzene rings is 1. The third kappa shape index (κ3) is 11.9. The average Bonchev–Trinajstić information content (AvgIpc) is 2.65. The van der Waals surface area contributed by atoms with Crippen molar-refractivity contribution in [2.45, 2.75) is 117 Å². The molecule has 166 valence electrons. The molecule has 0 N–H and O–H groups in total. The van der Waals surface area contributed by atoms with Gasteiger partial charge in [-0.1, -0.05) is 95.8 Å². The Balaban J connectivity index is 2.31. The van der Waals surface area contributed by atoms with Crippen LogP contribution in [0.4, 0.5) is 10.5 Å². The fourth-order valence-electron chi connectivity index (χ4n) is 3.60. The minimum atomic E-state index is -0.478. The van der Waals surface area contributed by atoms with Crippen LogP contribution < -0.4 is 4.90 Å². The van der Waals surface area contributed by atoms with Crippen LogP contribution >= 0.6 is 0 Å². The Morgan fingerprint density at radius 1 is 0.828 bits per heavy atom. The zero-order chi connectivity index (χ0) is 21.5.